The maximum Gasteiger partial charge on any atom is 0.235 e. The van der Waals surface area contributed by atoms with E-state index >= 15 is 0 Å². The van der Waals surface area contributed by atoms with Crippen LogP contribution in [0.15, 0.2) is 37.1 Å². The standard InChI is InChI=1S/C11H10ClNO3/c1-2-7-16-11-4-3-9(8-10(11)12)5-6-13(14)15/h2-6,8H,1,7H2. The van der Waals surface area contributed by atoms with Gasteiger partial charge in [-0.15, -0.1) is 0 Å². The zero-order valence-electron chi connectivity index (χ0n) is 8.43. The van der Waals surface area contributed by atoms with E-state index in [0.29, 0.717) is 22.9 Å². The number of nitrogens with zero attached hydrogens (tertiary/aromatic N) is 1. The van der Waals surface area contributed by atoms with Crippen molar-refractivity contribution in [1.82, 2.24) is 0 Å². The summed E-state index contributed by atoms with van der Waals surface area (Å²) in [7, 11) is 0. The van der Waals surface area contributed by atoms with Crippen molar-refractivity contribution in [3.63, 3.8) is 0 Å². The quantitative estimate of drug-likeness (QED) is 0.451. The molecule has 0 saturated carbocycles. The lowest BCUT2D eigenvalue weighted by molar-refractivity contribution is -0.400. The SMILES string of the molecule is C=CCOc1ccc(C=C[N+](=O)[O-])cc1Cl. The number of ether oxygens (including phenoxy) is 1. The van der Waals surface area contributed by atoms with Crippen molar-refractivity contribution in [2.75, 3.05) is 6.61 Å². The van der Waals surface area contributed by atoms with Crippen LogP contribution >= 0.6 is 11.6 Å². The van der Waals surface area contributed by atoms with Crippen molar-refractivity contribution >= 4 is 17.7 Å². The molecule has 4 nitrogen and oxygen atoms in total. The van der Waals surface area contributed by atoms with Gasteiger partial charge in [0, 0.05) is 6.08 Å². The fourth-order valence-corrected chi connectivity index (χ4v) is 1.28. The van der Waals surface area contributed by atoms with Crippen LogP contribution in [0.25, 0.3) is 6.08 Å². The second kappa shape index (κ2) is 5.92. The maximum absolute atomic E-state index is 10.1. The third kappa shape index (κ3) is 3.74. The summed E-state index contributed by atoms with van der Waals surface area (Å²) in [4.78, 5) is 9.58. The highest BCUT2D eigenvalue weighted by Gasteiger charge is 2.01. The summed E-state index contributed by atoms with van der Waals surface area (Å²) in [6, 6.07) is 4.94. The molecule has 0 amide bonds. The average Bonchev–Trinajstić information content (AvgIpc) is 2.25. The maximum atomic E-state index is 10.1. The first-order valence-corrected chi connectivity index (χ1v) is 4.86. The van der Waals surface area contributed by atoms with Gasteiger partial charge in [0.05, 0.1) is 9.95 Å². The Labute approximate surface area is 97.9 Å². The fraction of sp³-hybridized carbons (Fsp3) is 0.0909. The van der Waals surface area contributed by atoms with Crippen LogP contribution in [0.5, 0.6) is 5.75 Å². The minimum absolute atomic E-state index is 0.365. The number of nitro groups is 1. The smallest absolute Gasteiger partial charge is 0.235 e. The largest absolute Gasteiger partial charge is 0.488 e. The Bertz CT molecular complexity index is 429. The topological polar surface area (TPSA) is 52.4 Å². The molecular weight excluding hydrogens is 230 g/mol. The second-order valence-electron chi connectivity index (χ2n) is 2.89. The lowest BCUT2D eigenvalue weighted by Gasteiger charge is -2.05. The summed E-state index contributed by atoms with van der Waals surface area (Å²) in [6.07, 6.45) is 3.83. The van der Waals surface area contributed by atoms with Crippen LogP contribution in [0.4, 0.5) is 0 Å². The first kappa shape index (κ1) is 12.3. The highest BCUT2D eigenvalue weighted by molar-refractivity contribution is 6.32. The van der Waals surface area contributed by atoms with E-state index in [1.54, 1.807) is 24.3 Å². The molecule has 0 heterocycles. The molecule has 0 radical (unpaired) electrons. The molecule has 84 valence electrons. The minimum Gasteiger partial charge on any atom is -0.488 e. The van der Waals surface area contributed by atoms with Crippen LogP contribution < -0.4 is 4.74 Å². The molecule has 0 unspecified atom stereocenters. The predicted octanol–water partition coefficient (Wildman–Crippen LogP) is 3.15. The lowest BCUT2D eigenvalue weighted by Crippen LogP contribution is -1.93. The van der Waals surface area contributed by atoms with Crippen LogP contribution in [0.1, 0.15) is 5.56 Å². The summed E-state index contributed by atoms with van der Waals surface area (Å²) in [6.45, 7) is 3.88. The van der Waals surface area contributed by atoms with Crippen LogP contribution in [0.3, 0.4) is 0 Å². The van der Waals surface area contributed by atoms with Crippen LogP contribution in [0, 0.1) is 10.1 Å². The van der Waals surface area contributed by atoms with Crippen LogP contribution in [-0.2, 0) is 0 Å². The highest BCUT2D eigenvalue weighted by Crippen LogP contribution is 2.25. The van der Waals surface area contributed by atoms with E-state index in [-0.39, 0.29) is 0 Å². The summed E-state index contributed by atoms with van der Waals surface area (Å²) in [5.74, 6) is 0.528. The minimum atomic E-state index is -0.532. The van der Waals surface area contributed by atoms with E-state index in [0.717, 1.165) is 6.20 Å². The summed E-state index contributed by atoms with van der Waals surface area (Å²) in [5.41, 5.74) is 0.646. The van der Waals surface area contributed by atoms with E-state index in [1.165, 1.54) is 6.08 Å². The van der Waals surface area contributed by atoms with Crippen LogP contribution in [0.2, 0.25) is 5.02 Å². The summed E-state index contributed by atoms with van der Waals surface area (Å²) >= 11 is 5.92. The van der Waals surface area contributed by atoms with E-state index in [2.05, 4.69) is 6.58 Å². The number of hydrogen-bond acceptors (Lipinski definition) is 3. The molecular formula is C11H10ClNO3. The number of rotatable bonds is 5. The third-order valence-electron chi connectivity index (χ3n) is 1.70. The van der Waals surface area contributed by atoms with Gasteiger partial charge in [-0.25, -0.2) is 0 Å². The highest BCUT2D eigenvalue weighted by atomic mass is 35.5. The van der Waals surface area contributed by atoms with Gasteiger partial charge < -0.3 is 4.74 Å². The molecule has 5 heteroatoms. The first-order valence-electron chi connectivity index (χ1n) is 4.48. The molecule has 0 atom stereocenters. The third-order valence-corrected chi connectivity index (χ3v) is 2.00. The number of hydrogen-bond donors (Lipinski definition) is 0. The van der Waals surface area contributed by atoms with E-state index in [4.69, 9.17) is 16.3 Å². The monoisotopic (exact) mass is 239 g/mol. The van der Waals surface area contributed by atoms with Crippen molar-refractivity contribution in [1.29, 1.82) is 0 Å². The Morgan fingerprint density at radius 1 is 1.56 bits per heavy atom. The molecule has 0 bridgehead atoms. The number of benzene rings is 1. The average molecular weight is 240 g/mol. The molecule has 0 aromatic heterocycles. The molecule has 0 N–H and O–H groups in total. The fourth-order valence-electron chi connectivity index (χ4n) is 1.03. The van der Waals surface area contributed by atoms with Crippen molar-refractivity contribution < 1.29 is 9.66 Å². The molecule has 1 aromatic rings. The molecule has 0 spiro atoms. The molecule has 1 aromatic carbocycles. The van der Waals surface area contributed by atoms with Gasteiger partial charge in [0.25, 0.3) is 0 Å². The molecule has 16 heavy (non-hydrogen) atoms. The van der Waals surface area contributed by atoms with Crippen molar-refractivity contribution in [2.45, 2.75) is 0 Å². The van der Waals surface area contributed by atoms with Crippen molar-refractivity contribution in [3.05, 3.63) is 57.8 Å². The Balaban J connectivity index is 2.82. The van der Waals surface area contributed by atoms with Gasteiger partial charge in [0.15, 0.2) is 0 Å². The zero-order chi connectivity index (χ0) is 12.0. The Morgan fingerprint density at radius 2 is 2.31 bits per heavy atom. The van der Waals surface area contributed by atoms with Gasteiger partial charge in [-0.3, -0.25) is 10.1 Å². The van der Waals surface area contributed by atoms with Gasteiger partial charge in [0.1, 0.15) is 12.4 Å². The summed E-state index contributed by atoms with van der Waals surface area (Å²) in [5, 5.41) is 10.5. The predicted molar refractivity (Wildman–Crippen MR) is 63.2 cm³/mol. The Morgan fingerprint density at radius 3 is 2.88 bits per heavy atom. The van der Waals surface area contributed by atoms with E-state index in [1.807, 2.05) is 0 Å². The van der Waals surface area contributed by atoms with Crippen molar-refractivity contribution in [2.24, 2.45) is 0 Å². The second-order valence-corrected chi connectivity index (χ2v) is 3.30. The lowest BCUT2D eigenvalue weighted by atomic mass is 10.2. The Kier molecular flexibility index (Phi) is 4.54. The Hall–Kier alpha value is -1.81. The molecule has 0 fully saturated rings. The molecule has 0 aliphatic rings. The van der Waals surface area contributed by atoms with Gasteiger partial charge in [-0.05, 0) is 17.7 Å². The van der Waals surface area contributed by atoms with E-state index < -0.39 is 4.92 Å². The molecule has 0 aliphatic heterocycles. The molecule has 0 saturated heterocycles. The zero-order valence-corrected chi connectivity index (χ0v) is 9.18. The summed E-state index contributed by atoms with van der Waals surface area (Å²) < 4.78 is 5.26. The van der Waals surface area contributed by atoms with E-state index in [9.17, 15) is 10.1 Å². The van der Waals surface area contributed by atoms with Gasteiger partial charge in [-0.2, -0.15) is 0 Å². The first-order chi connectivity index (χ1) is 7.63. The van der Waals surface area contributed by atoms with Gasteiger partial charge in [-0.1, -0.05) is 30.3 Å². The van der Waals surface area contributed by atoms with Gasteiger partial charge in [0.2, 0.25) is 6.20 Å². The normalized spacial score (nSPS) is 10.3. The van der Waals surface area contributed by atoms with Crippen LogP contribution in [-0.4, -0.2) is 11.5 Å². The molecule has 1 rings (SSSR count). The number of halogens is 1. The van der Waals surface area contributed by atoms with Gasteiger partial charge >= 0.3 is 0 Å². The molecule has 0 aliphatic carbocycles. The van der Waals surface area contributed by atoms with Crippen molar-refractivity contribution in [3.8, 4) is 5.75 Å².